The van der Waals surface area contributed by atoms with Crippen LogP contribution in [0.5, 0.6) is 11.5 Å². The number of fused-ring (bicyclic) bond motifs is 1. The van der Waals surface area contributed by atoms with E-state index in [1.165, 1.54) is 0 Å². The molecule has 7 nitrogen and oxygen atoms in total. The number of hydrogen-bond donors (Lipinski definition) is 1. The van der Waals surface area contributed by atoms with Crippen molar-refractivity contribution in [2.45, 2.75) is 39.8 Å². The summed E-state index contributed by atoms with van der Waals surface area (Å²) in [6.07, 6.45) is 0. The van der Waals surface area contributed by atoms with Crippen LogP contribution in [-0.4, -0.2) is 55.1 Å². The molecular formula is C23H31N3O4S. The van der Waals surface area contributed by atoms with E-state index in [0.717, 1.165) is 10.6 Å². The van der Waals surface area contributed by atoms with Gasteiger partial charge in [-0.2, -0.15) is 0 Å². The molecule has 0 unspecified atom stereocenters. The largest absolute Gasteiger partial charge is 0.486 e. The maximum Gasteiger partial charge on any atom is 0.241 e. The number of ether oxygens (including phenoxy) is 2. The quantitative estimate of drug-likeness (QED) is 0.675. The first-order chi connectivity index (χ1) is 14.7. The van der Waals surface area contributed by atoms with Gasteiger partial charge in [-0.15, -0.1) is 11.3 Å². The molecule has 2 aromatic rings. The van der Waals surface area contributed by atoms with Gasteiger partial charge in [0, 0.05) is 22.2 Å². The van der Waals surface area contributed by atoms with Gasteiger partial charge in [0.25, 0.3) is 0 Å². The van der Waals surface area contributed by atoms with Crippen LogP contribution >= 0.6 is 11.3 Å². The van der Waals surface area contributed by atoms with E-state index in [4.69, 9.17) is 9.47 Å². The van der Waals surface area contributed by atoms with Gasteiger partial charge in [0.05, 0.1) is 19.6 Å². The molecule has 0 saturated heterocycles. The number of benzene rings is 1. The molecule has 0 aliphatic carbocycles. The lowest BCUT2D eigenvalue weighted by molar-refractivity contribution is -0.125. The Morgan fingerprint density at radius 2 is 1.84 bits per heavy atom. The molecule has 1 aromatic heterocycles. The average Bonchev–Trinajstić information content (AvgIpc) is 3.23. The van der Waals surface area contributed by atoms with Crippen LogP contribution in [-0.2, 0) is 16.1 Å². The van der Waals surface area contributed by atoms with Gasteiger partial charge in [-0.25, -0.2) is 0 Å². The Kier molecular flexibility index (Phi) is 7.56. The van der Waals surface area contributed by atoms with Crippen molar-refractivity contribution in [3.8, 4) is 11.5 Å². The van der Waals surface area contributed by atoms with E-state index >= 15 is 0 Å². The maximum atomic E-state index is 13.4. The molecule has 0 fully saturated rings. The summed E-state index contributed by atoms with van der Waals surface area (Å²) in [6.45, 7) is 10.2. The zero-order chi connectivity index (χ0) is 22.4. The number of carbonyl (C=O) groups is 2. The summed E-state index contributed by atoms with van der Waals surface area (Å²) in [5, 5.41) is 4.95. The summed E-state index contributed by atoms with van der Waals surface area (Å²) in [5.41, 5.74) is 0.439. The van der Waals surface area contributed by atoms with Gasteiger partial charge >= 0.3 is 0 Å². The zero-order valence-corrected chi connectivity index (χ0v) is 19.5. The molecule has 2 heterocycles. The Bertz CT molecular complexity index is 893. The minimum absolute atomic E-state index is 0.0736. The van der Waals surface area contributed by atoms with Gasteiger partial charge in [-0.1, -0.05) is 13.0 Å². The smallest absolute Gasteiger partial charge is 0.241 e. The minimum atomic E-state index is -0.309. The third-order valence-electron chi connectivity index (χ3n) is 4.72. The number of rotatable bonds is 8. The van der Waals surface area contributed by atoms with Crippen molar-refractivity contribution >= 4 is 28.8 Å². The van der Waals surface area contributed by atoms with Gasteiger partial charge in [0.15, 0.2) is 11.5 Å². The Labute approximate surface area is 187 Å². The SMILES string of the molecule is CCN(CC(=O)NC(C)(C)C)CC(=O)N(Cc1cccs1)c1ccc2c(c1)OCCO2. The summed E-state index contributed by atoms with van der Waals surface area (Å²) >= 11 is 1.61. The number of nitrogens with one attached hydrogen (secondary N) is 1. The molecule has 0 saturated carbocycles. The van der Waals surface area contributed by atoms with Crippen molar-refractivity contribution in [3.05, 3.63) is 40.6 Å². The van der Waals surface area contributed by atoms with Gasteiger partial charge in [0.2, 0.25) is 11.8 Å². The van der Waals surface area contributed by atoms with E-state index in [0.29, 0.717) is 37.8 Å². The van der Waals surface area contributed by atoms with E-state index in [-0.39, 0.29) is 30.4 Å². The van der Waals surface area contributed by atoms with Crippen molar-refractivity contribution in [1.29, 1.82) is 0 Å². The van der Waals surface area contributed by atoms with Crippen LogP contribution < -0.4 is 19.7 Å². The molecule has 0 spiro atoms. The van der Waals surface area contributed by atoms with E-state index in [1.54, 1.807) is 16.2 Å². The van der Waals surface area contributed by atoms with Crippen LogP contribution in [0.4, 0.5) is 5.69 Å². The summed E-state index contributed by atoms with van der Waals surface area (Å²) in [6, 6.07) is 9.55. The van der Waals surface area contributed by atoms with Crippen molar-refractivity contribution in [3.63, 3.8) is 0 Å². The number of amides is 2. The number of hydrogen-bond acceptors (Lipinski definition) is 6. The highest BCUT2D eigenvalue weighted by Gasteiger charge is 2.23. The molecular weight excluding hydrogens is 414 g/mol. The Morgan fingerprint density at radius 1 is 1.10 bits per heavy atom. The lowest BCUT2D eigenvalue weighted by atomic mass is 10.1. The fraction of sp³-hybridized carbons (Fsp3) is 0.478. The minimum Gasteiger partial charge on any atom is -0.486 e. The van der Waals surface area contributed by atoms with Crippen molar-refractivity contribution in [2.24, 2.45) is 0 Å². The first kappa shape index (κ1) is 23.1. The maximum absolute atomic E-state index is 13.4. The third-order valence-corrected chi connectivity index (χ3v) is 5.58. The van der Waals surface area contributed by atoms with Crippen molar-refractivity contribution in [2.75, 3.05) is 37.7 Å². The average molecular weight is 446 g/mol. The molecule has 168 valence electrons. The van der Waals surface area contributed by atoms with Crippen molar-refractivity contribution < 1.29 is 19.1 Å². The summed E-state index contributed by atoms with van der Waals surface area (Å²) < 4.78 is 11.3. The predicted molar refractivity (Wildman–Crippen MR) is 123 cm³/mol. The second-order valence-electron chi connectivity index (χ2n) is 8.49. The second-order valence-corrected chi connectivity index (χ2v) is 9.52. The summed E-state index contributed by atoms with van der Waals surface area (Å²) in [7, 11) is 0. The number of thiophene rings is 1. The number of likely N-dealkylation sites (N-methyl/N-ethyl adjacent to an activating group) is 1. The van der Waals surface area contributed by atoms with Gasteiger partial charge in [0.1, 0.15) is 13.2 Å². The van der Waals surface area contributed by atoms with Crippen LogP contribution in [0.3, 0.4) is 0 Å². The first-order valence-electron chi connectivity index (χ1n) is 10.5. The van der Waals surface area contributed by atoms with Crippen LogP contribution in [0.25, 0.3) is 0 Å². The molecule has 8 heteroatoms. The molecule has 2 amide bonds. The van der Waals surface area contributed by atoms with Crippen LogP contribution in [0, 0.1) is 0 Å². The predicted octanol–water partition coefficient (Wildman–Crippen LogP) is 3.29. The molecule has 0 atom stereocenters. The number of carbonyl (C=O) groups excluding carboxylic acids is 2. The number of nitrogens with zero attached hydrogens (tertiary/aromatic N) is 2. The molecule has 1 aromatic carbocycles. The molecule has 31 heavy (non-hydrogen) atoms. The van der Waals surface area contributed by atoms with E-state index < -0.39 is 0 Å². The number of anilines is 1. The fourth-order valence-electron chi connectivity index (χ4n) is 3.30. The fourth-order valence-corrected chi connectivity index (χ4v) is 3.99. The first-order valence-corrected chi connectivity index (χ1v) is 11.4. The monoisotopic (exact) mass is 445 g/mol. The topological polar surface area (TPSA) is 71.1 Å². The van der Waals surface area contributed by atoms with Crippen LogP contribution in [0.1, 0.15) is 32.6 Å². The standard InChI is InChI=1S/C23H31N3O4S/c1-5-25(15-21(27)24-23(2,3)4)16-22(28)26(14-18-7-6-12-31-18)17-8-9-19-20(13-17)30-11-10-29-19/h6-9,12-13H,5,10-11,14-16H2,1-4H3,(H,24,27). The molecule has 1 aliphatic rings. The highest BCUT2D eigenvalue weighted by atomic mass is 32.1. The Hall–Kier alpha value is -2.58. The lowest BCUT2D eigenvalue weighted by Crippen LogP contribution is -2.48. The van der Waals surface area contributed by atoms with E-state index in [2.05, 4.69) is 5.32 Å². The summed E-state index contributed by atoms with van der Waals surface area (Å²) in [5.74, 6) is 1.17. The summed E-state index contributed by atoms with van der Waals surface area (Å²) in [4.78, 5) is 30.4. The van der Waals surface area contributed by atoms with E-state index in [9.17, 15) is 9.59 Å². The zero-order valence-electron chi connectivity index (χ0n) is 18.6. The van der Waals surface area contributed by atoms with E-state index in [1.807, 2.05) is 68.3 Å². The Balaban J connectivity index is 1.76. The Morgan fingerprint density at radius 3 is 2.48 bits per heavy atom. The molecule has 3 rings (SSSR count). The lowest BCUT2D eigenvalue weighted by Gasteiger charge is -2.28. The van der Waals surface area contributed by atoms with Gasteiger partial charge in [-0.05, 0) is 50.9 Å². The van der Waals surface area contributed by atoms with Crippen LogP contribution in [0.15, 0.2) is 35.7 Å². The normalized spacial score (nSPS) is 13.2. The van der Waals surface area contributed by atoms with Gasteiger partial charge in [-0.3, -0.25) is 14.5 Å². The molecule has 1 N–H and O–H groups in total. The molecule has 0 radical (unpaired) electrons. The second kappa shape index (κ2) is 10.2. The van der Waals surface area contributed by atoms with Crippen molar-refractivity contribution in [1.82, 2.24) is 10.2 Å². The molecule has 0 bridgehead atoms. The van der Waals surface area contributed by atoms with Crippen LogP contribution in [0.2, 0.25) is 0 Å². The highest BCUT2D eigenvalue weighted by molar-refractivity contribution is 7.09. The molecule has 1 aliphatic heterocycles. The third kappa shape index (κ3) is 6.70. The highest BCUT2D eigenvalue weighted by Crippen LogP contribution is 2.34. The van der Waals surface area contributed by atoms with Gasteiger partial charge < -0.3 is 19.7 Å².